The van der Waals surface area contributed by atoms with Gasteiger partial charge in [0.05, 0.1) is 19.5 Å². The Morgan fingerprint density at radius 2 is 1.60 bits per heavy atom. The fraction of sp³-hybridized carbons (Fsp3) is 0.125. The van der Waals surface area contributed by atoms with E-state index in [9.17, 15) is 14.4 Å². The minimum Gasteiger partial charge on any atom is -0.493 e. The lowest BCUT2D eigenvalue weighted by atomic mass is 10.1. The van der Waals surface area contributed by atoms with Crippen LogP contribution in [0.3, 0.4) is 0 Å². The van der Waals surface area contributed by atoms with Gasteiger partial charge >= 0.3 is 0 Å². The van der Waals surface area contributed by atoms with Crippen LogP contribution in [0, 0.1) is 0 Å². The molecule has 42 heavy (non-hydrogen) atoms. The third-order valence-corrected chi connectivity index (χ3v) is 7.03. The molecule has 3 aromatic carbocycles. The highest BCUT2D eigenvalue weighted by Crippen LogP contribution is 2.29. The zero-order valence-corrected chi connectivity index (χ0v) is 24.1. The Morgan fingerprint density at radius 3 is 2.31 bits per heavy atom. The van der Waals surface area contributed by atoms with Crippen molar-refractivity contribution in [2.24, 2.45) is 0 Å². The Bertz CT molecular complexity index is 1580. The maximum atomic E-state index is 13.5. The van der Waals surface area contributed by atoms with Gasteiger partial charge in [-0.15, -0.1) is 11.8 Å². The van der Waals surface area contributed by atoms with Crippen molar-refractivity contribution in [3.05, 3.63) is 114 Å². The molecule has 0 bridgehead atoms. The third-order valence-electron chi connectivity index (χ3n) is 5.94. The molecule has 214 valence electrons. The number of nitrogens with zero attached hydrogens (tertiary/aromatic N) is 1. The molecule has 0 spiro atoms. The van der Waals surface area contributed by atoms with E-state index in [1.54, 1.807) is 104 Å². The highest BCUT2D eigenvalue weighted by atomic mass is 32.2. The topological polar surface area (TPSA) is 119 Å². The lowest BCUT2D eigenvalue weighted by molar-refractivity contribution is -0.115. The van der Waals surface area contributed by atoms with Crippen molar-refractivity contribution in [3.63, 3.8) is 0 Å². The predicted octanol–water partition coefficient (Wildman–Crippen LogP) is 5.63. The number of carbonyl (C=O) groups is 3. The van der Waals surface area contributed by atoms with Gasteiger partial charge in [-0.25, -0.2) is 4.98 Å². The number of carbonyl (C=O) groups excluding carboxylic acids is 3. The summed E-state index contributed by atoms with van der Waals surface area (Å²) in [6, 6.07) is 26.2. The molecule has 9 nitrogen and oxygen atoms in total. The van der Waals surface area contributed by atoms with Crippen LogP contribution in [0.1, 0.15) is 22.8 Å². The van der Waals surface area contributed by atoms with Crippen LogP contribution in [0.4, 0.5) is 11.5 Å². The number of aromatic nitrogens is 1. The van der Waals surface area contributed by atoms with Gasteiger partial charge in [0, 0.05) is 22.3 Å². The summed E-state index contributed by atoms with van der Waals surface area (Å²) >= 11 is 1.34. The van der Waals surface area contributed by atoms with E-state index < -0.39 is 17.1 Å². The summed E-state index contributed by atoms with van der Waals surface area (Å²) in [5, 5.41) is 7.94. The van der Waals surface area contributed by atoms with E-state index >= 15 is 0 Å². The number of nitrogens with one attached hydrogen (secondary N) is 3. The fourth-order valence-electron chi connectivity index (χ4n) is 3.82. The number of methoxy groups -OCH3 is 2. The molecular weight excluding hydrogens is 552 g/mol. The molecule has 1 unspecified atom stereocenters. The highest BCUT2D eigenvalue weighted by Gasteiger charge is 2.18. The van der Waals surface area contributed by atoms with Gasteiger partial charge in [0.1, 0.15) is 11.5 Å². The first-order valence-electron chi connectivity index (χ1n) is 13.0. The van der Waals surface area contributed by atoms with E-state index in [1.165, 1.54) is 26.0 Å². The van der Waals surface area contributed by atoms with Crippen LogP contribution in [0.2, 0.25) is 0 Å². The van der Waals surface area contributed by atoms with Crippen LogP contribution < -0.4 is 25.4 Å². The summed E-state index contributed by atoms with van der Waals surface area (Å²) in [6.45, 7) is 1.79. The monoisotopic (exact) mass is 582 g/mol. The summed E-state index contributed by atoms with van der Waals surface area (Å²) in [6.07, 6.45) is 3.16. The summed E-state index contributed by atoms with van der Waals surface area (Å²) in [5.74, 6) is 0.323. The molecule has 0 aliphatic rings. The number of rotatable bonds is 11. The zero-order valence-electron chi connectivity index (χ0n) is 23.3. The molecule has 0 fully saturated rings. The molecule has 1 aromatic heterocycles. The average molecular weight is 583 g/mol. The van der Waals surface area contributed by atoms with E-state index in [0.29, 0.717) is 34.1 Å². The number of thioether (sulfide) groups is 1. The van der Waals surface area contributed by atoms with Gasteiger partial charge in [0.25, 0.3) is 11.8 Å². The number of hydrogen-bond acceptors (Lipinski definition) is 7. The lowest BCUT2D eigenvalue weighted by Gasteiger charge is -2.14. The standard InChI is InChI=1S/C32H30N4O5S/c1-21(30(37)36-29-14-7-8-17-33-29)42-25-13-9-12-24(20-25)34-32(39)26(35-31(38)23-10-5-4-6-11-23)18-22-15-16-27(40-2)28(19-22)41-3/h4-21H,1-3H3,(H,34,39)(H,35,38)(H,33,36,37)/b26-18+. The van der Waals surface area contributed by atoms with Crippen molar-refractivity contribution >= 4 is 47.1 Å². The Morgan fingerprint density at radius 1 is 0.833 bits per heavy atom. The SMILES string of the molecule is COc1ccc(/C=C(/NC(=O)c2ccccc2)C(=O)Nc2cccc(SC(C)C(=O)Nc3ccccn3)c2)cc1OC. The number of benzene rings is 3. The lowest BCUT2D eigenvalue weighted by Crippen LogP contribution is -2.30. The van der Waals surface area contributed by atoms with Crippen LogP contribution in [0.25, 0.3) is 6.08 Å². The number of pyridine rings is 1. The van der Waals surface area contributed by atoms with E-state index in [2.05, 4.69) is 20.9 Å². The number of amides is 3. The minimum absolute atomic E-state index is 0.0252. The Hall–Kier alpha value is -5.09. The normalized spacial score (nSPS) is 11.6. The Kier molecular flexibility index (Phi) is 10.3. The zero-order chi connectivity index (χ0) is 29.9. The maximum absolute atomic E-state index is 13.5. The molecule has 0 aliphatic heterocycles. The fourth-order valence-corrected chi connectivity index (χ4v) is 4.75. The number of anilines is 2. The van der Waals surface area contributed by atoms with Crippen LogP contribution in [0.15, 0.2) is 108 Å². The van der Waals surface area contributed by atoms with Gasteiger partial charge in [-0.1, -0.05) is 36.4 Å². The molecule has 1 heterocycles. The van der Waals surface area contributed by atoms with E-state index in [4.69, 9.17) is 9.47 Å². The van der Waals surface area contributed by atoms with Crippen LogP contribution >= 0.6 is 11.8 Å². The second-order valence-electron chi connectivity index (χ2n) is 8.94. The van der Waals surface area contributed by atoms with E-state index in [-0.39, 0.29) is 11.6 Å². The Labute approximate surface area is 248 Å². The quantitative estimate of drug-likeness (QED) is 0.155. The molecular formula is C32H30N4O5S. The Balaban J connectivity index is 1.53. The molecule has 10 heteroatoms. The van der Waals surface area contributed by atoms with Crippen molar-refractivity contribution in [1.82, 2.24) is 10.3 Å². The molecule has 3 N–H and O–H groups in total. The first-order chi connectivity index (χ1) is 20.4. The largest absolute Gasteiger partial charge is 0.493 e. The molecule has 0 saturated carbocycles. The van der Waals surface area contributed by atoms with Gasteiger partial charge < -0.3 is 25.4 Å². The molecule has 0 saturated heterocycles. The van der Waals surface area contributed by atoms with Crippen LogP contribution in [0.5, 0.6) is 11.5 Å². The molecule has 4 rings (SSSR count). The van der Waals surface area contributed by atoms with Crippen LogP contribution in [-0.2, 0) is 9.59 Å². The van der Waals surface area contributed by atoms with E-state index in [0.717, 1.165) is 4.90 Å². The van der Waals surface area contributed by atoms with E-state index in [1.807, 2.05) is 6.07 Å². The van der Waals surface area contributed by atoms with Gasteiger partial charge in [0.15, 0.2) is 11.5 Å². The second kappa shape index (κ2) is 14.5. The smallest absolute Gasteiger partial charge is 0.272 e. The summed E-state index contributed by atoms with van der Waals surface area (Å²) < 4.78 is 10.7. The highest BCUT2D eigenvalue weighted by molar-refractivity contribution is 8.00. The summed E-state index contributed by atoms with van der Waals surface area (Å²) in [7, 11) is 3.05. The first kappa shape index (κ1) is 29.9. The maximum Gasteiger partial charge on any atom is 0.272 e. The first-order valence-corrected chi connectivity index (χ1v) is 13.8. The van der Waals surface area contributed by atoms with Crippen molar-refractivity contribution in [1.29, 1.82) is 0 Å². The van der Waals surface area contributed by atoms with Crippen molar-refractivity contribution in [3.8, 4) is 11.5 Å². The van der Waals surface area contributed by atoms with Gasteiger partial charge in [0.2, 0.25) is 5.91 Å². The summed E-state index contributed by atoms with van der Waals surface area (Å²) in [4.78, 5) is 44.0. The minimum atomic E-state index is -0.530. The molecule has 1 atom stereocenters. The van der Waals surface area contributed by atoms with Crippen molar-refractivity contribution < 1.29 is 23.9 Å². The van der Waals surface area contributed by atoms with Crippen LogP contribution in [-0.4, -0.2) is 42.2 Å². The summed E-state index contributed by atoms with van der Waals surface area (Å²) in [5.41, 5.74) is 1.54. The molecule has 3 amide bonds. The van der Waals surface area contributed by atoms with Gasteiger partial charge in [-0.2, -0.15) is 0 Å². The average Bonchev–Trinajstić information content (AvgIpc) is 3.01. The van der Waals surface area contributed by atoms with Gasteiger partial charge in [-0.05, 0) is 73.2 Å². The van der Waals surface area contributed by atoms with Gasteiger partial charge in [-0.3, -0.25) is 14.4 Å². The molecule has 0 radical (unpaired) electrons. The molecule has 0 aliphatic carbocycles. The number of ether oxygens (including phenoxy) is 2. The second-order valence-corrected chi connectivity index (χ2v) is 10.4. The van der Waals surface area contributed by atoms with Crippen molar-refractivity contribution in [2.45, 2.75) is 17.1 Å². The third kappa shape index (κ3) is 8.21. The molecule has 4 aromatic rings. The number of hydrogen-bond donors (Lipinski definition) is 3. The van der Waals surface area contributed by atoms with Crippen molar-refractivity contribution in [2.75, 3.05) is 24.9 Å². The predicted molar refractivity (Wildman–Crippen MR) is 165 cm³/mol.